The third kappa shape index (κ3) is 7.33. The Bertz CT molecular complexity index is 614. The van der Waals surface area contributed by atoms with Gasteiger partial charge in [-0.15, -0.1) is 0 Å². The highest BCUT2D eigenvalue weighted by molar-refractivity contribution is 5.98. The lowest BCUT2D eigenvalue weighted by Crippen LogP contribution is -2.27. The highest BCUT2D eigenvalue weighted by atomic mass is 15.3. The number of benzene rings is 1. The Balaban J connectivity index is 1.83. The summed E-state index contributed by atoms with van der Waals surface area (Å²) in [5, 5.41) is 4.60. The van der Waals surface area contributed by atoms with E-state index < -0.39 is 0 Å². The van der Waals surface area contributed by atoms with Gasteiger partial charge in [0.05, 0.1) is 5.71 Å². The van der Waals surface area contributed by atoms with Crippen LogP contribution in [0.25, 0.3) is 0 Å². The Labute approximate surface area is 160 Å². The molecule has 1 N–H and O–H groups in total. The van der Waals surface area contributed by atoms with Gasteiger partial charge in [0.15, 0.2) is 0 Å². The lowest BCUT2D eigenvalue weighted by molar-refractivity contribution is 0.293. The second-order valence-corrected chi connectivity index (χ2v) is 8.47. The van der Waals surface area contributed by atoms with Gasteiger partial charge in [0.25, 0.3) is 0 Å². The zero-order valence-electron chi connectivity index (χ0n) is 17.5. The van der Waals surface area contributed by atoms with Crippen molar-refractivity contribution in [3.05, 3.63) is 47.5 Å². The van der Waals surface area contributed by atoms with E-state index in [0.717, 1.165) is 13.1 Å². The molecule has 144 valence electrons. The molecular formula is C23H37N3. The van der Waals surface area contributed by atoms with Crippen LogP contribution >= 0.6 is 0 Å². The van der Waals surface area contributed by atoms with Crippen molar-refractivity contribution in [3.63, 3.8) is 0 Å². The number of hydrazone groups is 1. The summed E-state index contributed by atoms with van der Waals surface area (Å²) >= 11 is 0. The van der Waals surface area contributed by atoms with Crippen molar-refractivity contribution in [3.8, 4) is 0 Å². The van der Waals surface area contributed by atoms with Gasteiger partial charge in [0.1, 0.15) is 0 Å². The van der Waals surface area contributed by atoms with Gasteiger partial charge < -0.3 is 10.3 Å². The van der Waals surface area contributed by atoms with Crippen LogP contribution in [0.5, 0.6) is 0 Å². The summed E-state index contributed by atoms with van der Waals surface area (Å²) in [7, 11) is 2.23. The first-order valence-corrected chi connectivity index (χ1v) is 10.1. The minimum Gasteiger partial charge on any atom is -0.307 e. The van der Waals surface area contributed by atoms with E-state index in [1.165, 1.54) is 29.7 Å². The van der Waals surface area contributed by atoms with Crippen molar-refractivity contribution in [2.24, 2.45) is 16.9 Å². The van der Waals surface area contributed by atoms with Crippen LogP contribution in [0.15, 0.2) is 41.5 Å². The molecular weight excluding hydrogens is 318 g/mol. The van der Waals surface area contributed by atoms with E-state index in [-0.39, 0.29) is 0 Å². The molecule has 0 aliphatic heterocycles. The summed E-state index contributed by atoms with van der Waals surface area (Å²) < 4.78 is 0. The Kier molecular flexibility index (Phi) is 7.89. The number of aryl methyl sites for hydroxylation is 1. The molecule has 0 radical (unpaired) electrons. The molecule has 1 aromatic carbocycles. The van der Waals surface area contributed by atoms with Gasteiger partial charge in [-0.2, -0.15) is 5.10 Å². The van der Waals surface area contributed by atoms with Crippen LogP contribution in [-0.4, -0.2) is 36.8 Å². The van der Waals surface area contributed by atoms with Crippen LogP contribution < -0.4 is 5.43 Å². The molecule has 26 heavy (non-hydrogen) atoms. The van der Waals surface area contributed by atoms with Gasteiger partial charge >= 0.3 is 0 Å². The number of likely N-dealkylation sites (N-methyl/N-ethyl adjacent to an activating group) is 1. The van der Waals surface area contributed by atoms with Crippen molar-refractivity contribution in [2.75, 3.05) is 20.1 Å². The maximum Gasteiger partial charge on any atom is 0.0630 e. The Hall–Kier alpha value is -1.61. The summed E-state index contributed by atoms with van der Waals surface area (Å²) in [5.41, 5.74) is 7.21. The van der Waals surface area contributed by atoms with Gasteiger partial charge in [0.2, 0.25) is 0 Å². The Morgan fingerprint density at radius 2 is 1.96 bits per heavy atom. The standard InChI is InChI=1S/C23H37N3/c1-17(2)24-25-23(21-11-12-21)13-10-19(4)15-26(6)16-20(5)22-9-7-8-18(3)14-22/h7-10,13-14,17,19-21,24H,11-12,15-16H2,1-6H3/b13-10+,25-23+. The molecule has 2 rings (SSSR count). The van der Waals surface area contributed by atoms with Gasteiger partial charge in [-0.25, -0.2) is 0 Å². The molecule has 1 fully saturated rings. The number of hydrogen-bond donors (Lipinski definition) is 1. The van der Waals surface area contributed by atoms with Crippen molar-refractivity contribution < 1.29 is 0 Å². The maximum atomic E-state index is 4.60. The van der Waals surface area contributed by atoms with Crippen LogP contribution in [0.1, 0.15) is 57.6 Å². The number of rotatable bonds is 10. The van der Waals surface area contributed by atoms with Crippen LogP contribution in [0.2, 0.25) is 0 Å². The van der Waals surface area contributed by atoms with Crippen LogP contribution in [0.3, 0.4) is 0 Å². The van der Waals surface area contributed by atoms with Crippen molar-refractivity contribution in [2.45, 2.75) is 59.4 Å². The molecule has 0 amide bonds. The molecule has 1 saturated carbocycles. The summed E-state index contributed by atoms with van der Waals surface area (Å²) in [5.74, 6) is 1.74. The average Bonchev–Trinajstić information content (AvgIpc) is 3.39. The second-order valence-electron chi connectivity index (χ2n) is 8.47. The first-order valence-electron chi connectivity index (χ1n) is 10.1. The minimum absolute atomic E-state index is 0.392. The lowest BCUT2D eigenvalue weighted by Gasteiger charge is -2.24. The maximum absolute atomic E-state index is 4.60. The molecule has 3 nitrogen and oxygen atoms in total. The summed E-state index contributed by atoms with van der Waals surface area (Å²) in [6, 6.07) is 9.27. The quantitative estimate of drug-likeness (QED) is 0.473. The molecule has 1 aliphatic carbocycles. The summed E-state index contributed by atoms with van der Waals surface area (Å²) in [6.45, 7) is 13.2. The Morgan fingerprint density at radius 1 is 1.23 bits per heavy atom. The number of nitrogens with zero attached hydrogens (tertiary/aromatic N) is 2. The van der Waals surface area contributed by atoms with Crippen LogP contribution in [0, 0.1) is 18.8 Å². The molecule has 2 unspecified atom stereocenters. The van der Waals surface area contributed by atoms with E-state index >= 15 is 0 Å². The zero-order valence-corrected chi connectivity index (χ0v) is 17.5. The van der Waals surface area contributed by atoms with E-state index in [4.69, 9.17) is 0 Å². The average molecular weight is 356 g/mol. The number of nitrogens with one attached hydrogen (secondary N) is 1. The molecule has 2 atom stereocenters. The fraction of sp³-hybridized carbons (Fsp3) is 0.609. The van der Waals surface area contributed by atoms with E-state index in [9.17, 15) is 0 Å². The van der Waals surface area contributed by atoms with Gasteiger partial charge in [-0.3, -0.25) is 0 Å². The molecule has 0 aromatic heterocycles. The highest BCUT2D eigenvalue weighted by Crippen LogP contribution is 2.31. The normalized spacial score (nSPS) is 17.9. The monoisotopic (exact) mass is 355 g/mol. The summed E-state index contributed by atoms with van der Waals surface area (Å²) in [4.78, 5) is 2.45. The summed E-state index contributed by atoms with van der Waals surface area (Å²) in [6.07, 6.45) is 7.14. The number of hydrogen-bond acceptors (Lipinski definition) is 3. The van der Waals surface area contributed by atoms with Gasteiger partial charge in [0, 0.05) is 25.0 Å². The van der Waals surface area contributed by atoms with Crippen LogP contribution in [0.4, 0.5) is 0 Å². The second kappa shape index (κ2) is 9.91. The molecule has 0 bridgehead atoms. The topological polar surface area (TPSA) is 27.6 Å². The molecule has 1 aliphatic rings. The van der Waals surface area contributed by atoms with Gasteiger partial charge in [-0.05, 0) is 64.1 Å². The van der Waals surface area contributed by atoms with Crippen molar-refractivity contribution in [1.82, 2.24) is 10.3 Å². The first-order chi connectivity index (χ1) is 12.3. The Morgan fingerprint density at radius 3 is 2.58 bits per heavy atom. The van der Waals surface area contributed by atoms with E-state index in [1.807, 2.05) is 0 Å². The van der Waals surface area contributed by atoms with E-state index in [0.29, 0.717) is 23.8 Å². The molecule has 0 spiro atoms. The van der Waals surface area contributed by atoms with Crippen LogP contribution in [-0.2, 0) is 0 Å². The molecule has 3 heteroatoms. The largest absolute Gasteiger partial charge is 0.307 e. The van der Waals surface area contributed by atoms with E-state index in [1.54, 1.807) is 0 Å². The predicted octanol–water partition coefficient (Wildman–Crippen LogP) is 4.99. The lowest BCUT2D eigenvalue weighted by atomic mass is 9.98. The van der Waals surface area contributed by atoms with Gasteiger partial charge in [-0.1, -0.05) is 49.8 Å². The third-order valence-electron chi connectivity index (χ3n) is 4.84. The SMILES string of the molecule is Cc1cccc(C(C)CN(C)CC(C)/C=C/C(=N\NC(C)C)C2CC2)c1. The fourth-order valence-electron chi connectivity index (χ4n) is 3.29. The first kappa shape index (κ1) is 20.7. The molecule has 1 aromatic rings. The third-order valence-corrected chi connectivity index (χ3v) is 4.84. The zero-order chi connectivity index (χ0) is 19.1. The number of allylic oxidation sites excluding steroid dienone is 1. The fourth-order valence-corrected chi connectivity index (χ4v) is 3.29. The van der Waals surface area contributed by atoms with Crippen molar-refractivity contribution >= 4 is 5.71 Å². The molecule has 0 saturated heterocycles. The van der Waals surface area contributed by atoms with E-state index in [2.05, 4.69) is 93.5 Å². The van der Waals surface area contributed by atoms with Crippen molar-refractivity contribution in [1.29, 1.82) is 0 Å². The molecule has 0 heterocycles. The predicted molar refractivity (Wildman–Crippen MR) is 114 cm³/mol. The minimum atomic E-state index is 0.392. The highest BCUT2D eigenvalue weighted by Gasteiger charge is 2.26. The smallest absolute Gasteiger partial charge is 0.0630 e.